The van der Waals surface area contributed by atoms with E-state index in [2.05, 4.69) is 0 Å². The summed E-state index contributed by atoms with van der Waals surface area (Å²) in [6.45, 7) is 1.26. The lowest BCUT2D eigenvalue weighted by Crippen LogP contribution is -2.09. The predicted octanol–water partition coefficient (Wildman–Crippen LogP) is 0.567. The van der Waals surface area contributed by atoms with Crippen molar-refractivity contribution < 1.29 is 19.7 Å². The van der Waals surface area contributed by atoms with E-state index in [0.29, 0.717) is 25.6 Å². The maximum Gasteiger partial charge on any atom is 0.119 e. The Labute approximate surface area is 89.1 Å². The highest BCUT2D eigenvalue weighted by atomic mass is 16.5. The minimum absolute atomic E-state index is 0.0121. The summed E-state index contributed by atoms with van der Waals surface area (Å²) in [5, 5.41) is 17.4. The van der Waals surface area contributed by atoms with E-state index in [9.17, 15) is 0 Å². The van der Waals surface area contributed by atoms with Crippen LogP contribution in [0.3, 0.4) is 0 Å². The third kappa shape index (κ3) is 4.78. The average molecular weight is 212 g/mol. The van der Waals surface area contributed by atoms with Gasteiger partial charge in [0.25, 0.3) is 0 Å². The van der Waals surface area contributed by atoms with Gasteiger partial charge in [0.15, 0.2) is 0 Å². The van der Waals surface area contributed by atoms with Gasteiger partial charge in [-0.1, -0.05) is 12.1 Å². The molecule has 4 heteroatoms. The average Bonchev–Trinajstić information content (AvgIpc) is 2.29. The Kier molecular flexibility index (Phi) is 5.77. The number of aliphatic hydroxyl groups excluding tert-OH is 2. The molecule has 2 N–H and O–H groups in total. The molecule has 0 aromatic heterocycles. The number of ether oxygens (including phenoxy) is 2. The summed E-state index contributed by atoms with van der Waals surface area (Å²) in [4.78, 5) is 0. The zero-order chi connectivity index (χ0) is 10.9. The molecule has 4 nitrogen and oxygen atoms in total. The van der Waals surface area contributed by atoms with Crippen molar-refractivity contribution in [1.82, 2.24) is 0 Å². The smallest absolute Gasteiger partial charge is 0.119 e. The molecule has 1 aromatic carbocycles. The van der Waals surface area contributed by atoms with Crippen molar-refractivity contribution in [2.24, 2.45) is 0 Å². The SMILES string of the molecule is OCCOCCOc1cccc(CO)c1. The third-order valence-corrected chi connectivity index (χ3v) is 1.81. The van der Waals surface area contributed by atoms with Gasteiger partial charge in [0, 0.05) is 0 Å². The van der Waals surface area contributed by atoms with Crippen LogP contribution < -0.4 is 4.74 Å². The van der Waals surface area contributed by atoms with Crippen LogP contribution in [-0.2, 0) is 11.3 Å². The molecule has 0 radical (unpaired) electrons. The number of hydrogen-bond donors (Lipinski definition) is 2. The summed E-state index contributed by atoms with van der Waals surface area (Å²) >= 11 is 0. The third-order valence-electron chi connectivity index (χ3n) is 1.81. The maximum atomic E-state index is 8.90. The van der Waals surface area contributed by atoms with Crippen LogP contribution in [0.25, 0.3) is 0 Å². The fourth-order valence-corrected chi connectivity index (χ4v) is 1.12. The summed E-state index contributed by atoms with van der Waals surface area (Å²) in [7, 11) is 0. The summed E-state index contributed by atoms with van der Waals surface area (Å²) in [5.41, 5.74) is 0.823. The number of hydrogen-bond acceptors (Lipinski definition) is 4. The van der Waals surface area contributed by atoms with Crippen LogP contribution >= 0.6 is 0 Å². The molecule has 0 spiro atoms. The normalized spacial score (nSPS) is 10.3. The van der Waals surface area contributed by atoms with Crippen molar-refractivity contribution in [2.75, 3.05) is 26.4 Å². The first-order chi connectivity index (χ1) is 7.36. The molecule has 15 heavy (non-hydrogen) atoms. The minimum Gasteiger partial charge on any atom is -0.491 e. The van der Waals surface area contributed by atoms with Crippen molar-refractivity contribution in [3.63, 3.8) is 0 Å². The Bertz CT molecular complexity index is 275. The van der Waals surface area contributed by atoms with Crippen molar-refractivity contribution in [3.05, 3.63) is 29.8 Å². The number of benzene rings is 1. The van der Waals surface area contributed by atoms with E-state index in [1.54, 1.807) is 6.07 Å². The van der Waals surface area contributed by atoms with Crippen LogP contribution in [0.2, 0.25) is 0 Å². The van der Waals surface area contributed by atoms with Crippen molar-refractivity contribution >= 4 is 0 Å². The molecule has 0 aliphatic rings. The lowest BCUT2D eigenvalue weighted by Gasteiger charge is -2.07. The highest BCUT2D eigenvalue weighted by molar-refractivity contribution is 5.27. The zero-order valence-corrected chi connectivity index (χ0v) is 8.56. The Morgan fingerprint density at radius 1 is 1.07 bits per heavy atom. The second-order valence-electron chi connectivity index (χ2n) is 2.99. The van der Waals surface area contributed by atoms with Gasteiger partial charge in [-0.3, -0.25) is 0 Å². The predicted molar refractivity (Wildman–Crippen MR) is 55.8 cm³/mol. The first-order valence-corrected chi connectivity index (χ1v) is 4.88. The molecule has 0 saturated heterocycles. The van der Waals surface area contributed by atoms with Gasteiger partial charge in [-0.25, -0.2) is 0 Å². The molecule has 0 bridgehead atoms. The van der Waals surface area contributed by atoms with E-state index in [1.165, 1.54) is 0 Å². The topological polar surface area (TPSA) is 58.9 Å². The number of rotatable bonds is 7. The summed E-state index contributed by atoms with van der Waals surface area (Å²) < 4.78 is 10.4. The quantitative estimate of drug-likeness (QED) is 0.649. The second kappa shape index (κ2) is 7.23. The van der Waals surface area contributed by atoms with Gasteiger partial charge >= 0.3 is 0 Å². The van der Waals surface area contributed by atoms with Crippen LogP contribution in [0.4, 0.5) is 0 Å². The molecule has 0 atom stereocenters. The standard InChI is InChI=1S/C11H16O4/c12-4-5-14-6-7-15-11-3-1-2-10(8-11)9-13/h1-3,8,12-13H,4-7,9H2. The summed E-state index contributed by atoms with van der Waals surface area (Å²) in [6.07, 6.45) is 0. The van der Waals surface area contributed by atoms with Crippen molar-refractivity contribution in [1.29, 1.82) is 0 Å². The molecule has 1 aromatic rings. The maximum absolute atomic E-state index is 8.90. The summed E-state index contributed by atoms with van der Waals surface area (Å²) in [6, 6.07) is 7.27. The molecule has 0 amide bonds. The van der Waals surface area contributed by atoms with Gasteiger partial charge < -0.3 is 19.7 Å². The van der Waals surface area contributed by atoms with Crippen LogP contribution in [0.1, 0.15) is 5.56 Å². The van der Waals surface area contributed by atoms with Gasteiger partial charge in [0.2, 0.25) is 0 Å². The van der Waals surface area contributed by atoms with Gasteiger partial charge in [-0.05, 0) is 17.7 Å². The van der Waals surface area contributed by atoms with Gasteiger partial charge in [0.1, 0.15) is 12.4 Å². The fraction of sp³-hybridized carbons (Fsp3) is 0.455. The first kappa shape index (κ1) is 12.0. The van der Waals surface area contributed by atoms with Gasteiger partial charge in [-0.2, -0.15) is 0 Å². The van der Waals surface area contributed by atoms with Crippen molar-refractivity contribution in [2.45, 2.75) is 6.61 Å². The van der Waals surface area contributed by atoms with Crippen LogP contribution in [-0.4, -0.2) is 36.6 Å². The van der Waals surface area contributed by atoms with E-state index in [0.717, 1.165) is 5.56 Å². The van der Waals surface area contributed by atoms with Crippen LogP contribution in [0.5, 0.6) is 5.75 Å². The molecule has 0 saturated carbocycles. The molecule has 0 aliphatic carbocycles. The molecular weight excluding hydrogens is 196 g/mol. The van der Waals surface area contributed by atoms with E-state index in [1.807, 2.05) is 18.2 Å². The van der Waals surface area contributed by atoms with E-state index in [-0.39, 0.29) is 13.2 Å². The first-order valence-electron chi connectivity index (χ1n) is 4.88. The molecule has 84 valence electrons. The van der Waals surface area contributed by atoms with Crippen LogP contribution in [0.15, 0.2) is 24.3 Å². The van der Waals surface area contributed by atoms with Crippen molar-refractivity contribution in [3.8, 4) is 5.75 Å². The Morgan fingerprint density at radius 3 is 2.67 bits per heavy atom. The largest absolute Gasteiger partial charge is 0.491 e. The van der Waals surface area contributed by atoms with Gasteiger partial charge in [0.05, 0.1) is 26.4 Å². The summed E-state index contributed by atoms with van der Waals surface area (Å²) in [5.74, 6) is 0.717. The lowest BCUT2D eigenvalue weighted by atomic mass is 10.2. The molecule has 0 unspecified atom stereocenters. The highest BCUT2D eigenvalue weighted by Gasteiger charge is 1.95. The van der Waals surface area contributed by atoms with E-state index < -0.39 is 0 Å². The fourth-order valence-electron chi connectivity index (χ4n) is 1.12. The highest BCUT2D eigenvalue weighted by Crippen LogP contribution is 2.12. The van der Waals surface area contributed by atoms with Crippen LogP contribution in [0, 0.1) is 0 Å². The van der Waals surface area contributed by atoms with Gasteiger partial charge in [-0.15, -0.1) is 0 Å². The zero-order valence-electron chi connectivity index (χ0n) is 8.56. The van der Waals surface area contributed by atoms with E-state index >= 15 is 0 Å². The molecule has 0 aliphatic heterocycles. The second-order valence-corrected chi connectivity index (χ2v) is 2.99. The molecule has 1 rings (SSSR count). The Hall–Kier alpha value is -1.10. The Balaban J connectivity index is 2.24. The van der Waals surface area contributed by atoms with E-state index in [4.69, 9.17) is 19.7 Å². The Morgan fingerprint density at radius 2 is 1.93 bits per heavy atom. The monoisotopic (exact) mass is 212 g/mol. The molecular formula is C11H16O4. The molecule has 0 heterocycles. The number of aliphatic hydroxyl groups is 2. The molecule has 0 fully saturated rings. The minimum atomic E-state index is 0.0121. The lowest BCUT2D eigenvalue weighted by molar-refractivity contribution is 0.0705.